The average Bonchev–Trinajstić information content (AvgIpc) is 2.78. The SMILES string of the molecule is COc1ccc(-c2ncc(CCCC(=O)N(C)O)cc2-c2ccc(S(N)(=O)=O)cc2)cc1. The number of hydrogen-bond donors (Lipinski definition) is 2. The van der Waals surface area contributed by atoms with Gasteiger partial charge in [-0.2, -0.15) is 0 Å². The van der Waals surface area contributed by atoms with Gasteiger partial charge in [-0.25, -0.2) is 18.6 Å². The fraction of sp³-hybridized carbons (Fsp3) is 0.217. The van der Waals surface area contributed by atoms with Crippen molar-refractivity contribution >= 4 is 15.9 Å². The minimum absolute atomic E-state index is 0.0306. The molecule has 0 aliphatic rings. The third-order valence-corrected chi connectivity index (χ3v) is 5.95. The van der Waals surface area contributed by atoms with Crippen molar-refractivity contribution in [2.45, 2.75) is 24.2 Å². The van der Waals surface area contributed by atoms with Gasteiger partial charge in [0.05, 0.1) is 17.7 Å². The molecule has 0 aliphatic carbocycles. The second kappa shape index (κ2) is 9.90. The van der Waals surface area contributed by atoms with Crippen LogP contribution in [0.15, 0.2) is 65.7 Å². The van der Waals surface area contributed by atoms with E-state index in [4.69, 9.17) is 9.88 Å². The molecular formula is C23H25N3O5S. The van der Waals surface area contributed by atoms with E-state index in [1.54, 1.807) is 25.4 Å². The zero-order chi connectivity index (χ0) is 23.3. The molecule has 1 amide bonds. The van der Waals surface area contributed by atoms with Gasteiger partial charge < -0.3 is 4.74 Å². The van der Waals surface area contributed by atoms with Crippen molar-refractivity contribution in [1.29, 1.82) is 0 Å². The first kappa shape index (κ1) is 23.4. The Morgan fingerprint density at radius 3 is 2.28 bits per heavy atom. The maximum atomic E-state index is 11.6. The number of primary sulfonamides is 1. The first-order chi connectivity index (χ1) is 15.2. The van der Waals surface area contributed by atoms with Gasteiger partial charge in [0, 0.05) is 30.8 Å². The molecule has 0 fully saturated rings. The van der Waals surface area contributed by atoms with Crippen molar-refractivity contribution in [3.63, 3.8) is 0 Å². The second-order valence-corrected chi connectivity index (χ2v) is 8.87. The van der Waals surface area contributed by atoms with E-state index >= 15 is 0 Å². The lowest BCUT2D eigenvalue weighted by atomic mass is 9.96. The molecule has 0 bridgehead atoms. The number of benzene rings is 2. The first-order valence-corrected chi connectivity index (χ1v) is 11.5. The molecule has 8 nitrogen and oxygen atoms in total. The van der Waals surface area contributed by atoms with Crippen LogP contribution in [-0.2, 0) is 21.2 Å². The number of rotatable bonds is 8. The molecule has 3 aromatic rings. The molecule has 2 aromatic carbocycles. The second-order valence-electron chi connectivity index (χ2n) is 7.31. The highest BCUT2D eigenvalue weighted by molar-refractivity contribution is 7.89. The summed E-state index contributed by atoms with van der Waals surface area (Å²) in [6.45, 7) is 0. The number of aromatic nitrogens is 1. The number of ether oxygens (including phenoxy) is 1. The highest BCUT2D eigenvalue weighted by atomic mass is 32.2. The van der Waals surface area contributed by atoms with Crippen LogP contribution in [-0.4, -0.2) is 43.7 Å². The third kappa shape index (κ3) is 5.70. The van der Waals surface area contributed by atoms with Crippen LogP contribution in [0.4, 0.5) is 0 Å². The summed E-state index contributed by atoms with van der Waals surface area (Å²) in [7, 11) is -0.894. The zero-order valence-corrected chi connectivity index (χ0v) is 18.7. The van der Waals surface area contributed by atoms with Gasteiger partial charge in [-0.1, -0.05) is 12.1 Å². The molecule has 3 rings (SSSR count). The summed E-state index contributed by atoms with van der Waals surface area (Å²) in [4.78, 5) is 16.3. The monoisotopic (exact) mass is 455 g/mol. The fourth-order valence-electron chi connectivity index (χ4n) is 3.27. The van der Waals surface area contributed by atoms with Gasteiger partial charge in [-0.15, -0.1) is 0 Å². The number of sulfonamides is 1. The quantitative estimate of drug-likeness (QED) is 0.397. The van der Waals surface area contributed by atoms with E-state index in [-0.39, 0.29) is 17.2 Å². The average molecular weight is 456 g/mol. The van der Waals surface area contributed by atoms with E-state index < -0.39 is 10.0 Å². The van der Waals surface area contributed by atoms with Gasteiger partial charge in [-0.05, 0) is 66.4 Å². The Bertz CT molecular complexity index is 1190. The van der Waals surface area contributed by atoms with E-state index in [0.29, 0.717) is 17.9 Å². The molecule has 1 aromatic heterocycles. The predicted octanol–water partition coefficient (Wildman–Crippen LogP) is 3.24. The summed E-state index contributed by atoms with van der Waals surface area (Å²) >= 11 is 0. The van der Waals surface area contributed by atoms with Crippen molar-refractivity contribution in [3.05, 3.63) is 66.4 Å². The number of nitrogens with two attached hydrogens (primary N) is 1. The van der Waals surface area contributed by atoms with Crippen molar-refractivity contribution in [2.75, 3.05) is 14.2 Å². The lowest BCUT2D eigenvalue weighted by Crippen LogP contribution is -2.22. The van der Waals surface area contributed by atoms with Crippen LogP contribution in [0.3, 0.4) is 0 Å². The molecule has 0 radical (unpaired) electrons. The number of amides is 1. The lowest BCUT2D eigenvalue weighted by Gasteiger charge is -2.13. The maximum Gasteiger partial charge on any atom is 0.245 e. The number of carbonyl (C=O) groups is 1. The Balaban J connectivity index is 1.98. The van der Waals surface area contributed by atoms with Crippen LogP contribution in [0.1, 0.15) is 18.4 Å². The molecule has 9 heteroatoms. The summed E-state index contributed by atoms with van der Waals surface area (Å²) in [5, 5.41) is 15.0. The highest BCUT2D eigenvalue weighted by Crippen LogP contribution is 2.33. The molecule has 0 unspecified atom stereocenters. The van der Waals surface area contributed by atoms with E-state index in [9.17, 15) is 18.4 Å². The Kier molecular flexibility index (Phi) is 7.24. The summed E-state index contributed by atoms with van der Waals surface area (Å²) in [5.41, 5.74) is 4.12. The molecule has 0 aliphatic heterocycles. The minimum Gasteiger partial charge on any atom is -0.497 e. The summed E-state index contributed by atoms with van der Waals surface area (Å²) in [6.07, 6.45) is 3.12. The minimum atomic E-state index is -3.79. The highest BCUT2D eigenvalue weighted by Gasteiger charge is 2.14. The van der Waals surface area contributed by atoms with Crippen molar-refractivity contribution < 1.29 is 23.2 Å². The Labute approximate surface area is 187 Å². The lowest BCUT2D eigenvalue weighted by molar-refractivity contribution is -0.159. The normalized spacial score (nSPS) is 11.2. The van der Waals surface area contributed by atoms with E-state index in [0.717, 1.165) is 33.7 Å². The Morgan fingerprint density at radius 1 is 1.09 bits per heavy atom. The molecular weight excluding hydrogens is 430 g/mol. The van der Waals surface area contributed by atoms with Crippen LogP contribution >= 0.6 is 0 Å². The number of nitrogens with zero attached hydrogens (tertiary/aromatic N) is 2. The van der Waals surface area contributed by atoms with Crippen molar-refractivity contribution in [3.8, 4) is 28.1 Å². The van der Waals surface area contributed by atoms with Gasteiger partial charge >= 0.3 is 0 Å². The Morgan fingerprint density at radius 2 is 1.72 bits per heavy atom. The van der Waals surface area contributed by atoms with Crippen molar-refractivity contribution in [1.82, 2.24) is 10.0 Å². The molecule has 0 spiro atoms. The fourth-order valence-corrected chi connectivity index (χ4v) is 3.79. The van der Waals surface area contributed by atoms with E-state index in [1.165, 1.54) is 19.2 Å². The molecule has 0 atom stereocenters. The third-order valence-electron chi connectivity index (χ3n) is 5.02. The summed E-state index contributed by atoms with van der Waals surface area (Å²) in [6, 6.07) is 15.8. The number of aryl methyl sites for hydroxylation is 1. The molecule has 0 saturated carbocycles. The Hall–Kier alpha value is -3.27. The van der Waals surface area contributed by atoms with Crippen LogP contribution < -0.4 is 9.88 Å². The van der Waals surface area contributed by atoms with Crippen LogP contribution in [0.25, 0.3) is 22.4 Å². The van der Waals surface area contributed by atoms with Gasteiger partial charge in [0.1, 0.15) is 5.75 Å². The molecule has 168 valence electrons. The maximum absolute atomic E-state index is 11.6. The molecule has 3 N–H and O–H groups in total. The van der Waals surface area contributed by atoms with Gasteiger partial charge in [-0.3, -0.25) is 15.0 Å². The van der Waals surface area contributed by atoms with Gasteiger partial charge in [0.25, 0.3) is 0 Å². The predicted molar refractivity (Wildman–Crippen MR) is 121 cm³/mol. The molecule has 32 heavy (non-hydrogen) atoms. The van der Waals surface area contributed by atoms with E-state index in [2.05, 4.69) is 4.98 Å². The standard InChI is InChI=1S/C23H25N3O5S/c1-26(28)22(27)5-3-4-16-14-21(17-8-12-20(13-9-17)32(24,29)30)23(25-15-16)18-6-10-19(31-2)11-7-18/h6-15,28H,3-5H2,1-2H3,(H2,24,29,30). The number of hydroxylamine groups is 2. The largest absolute Gasteiger partial charge is 0.497 e. The van der Waals surface area contributed by atoms with Gasteiger partial charge in [0.2, 0.25) is 15.9 Å². The summed E-state index contributed by atoms with van der Waals surface area (Å²) in [5.74, 6) is 0.370. The van der Waals surface area contributed by atoms with Crippen LogP contribution in [0.2, 0.25) is 0 Å². The molecule has 0 saturated heterocycles. The van der Waals surface area contributed by atoms with Crippen LogP contribution in [0.5, 0.6) is 5.75 Å². The van der Waals surface area contributed by atoms with Crippen molar-refractivity contribution in [2.24, 2.45) is 5.14 Å². The molecule has 1 heterocycles. The number of pyridine rings is 1. The summed E-state index contributed by atoms with van der Waals surface area (Å²) < 4.78 is 28.4. The number of hydrogen-bond acceptors (Lipinski definition) is 6. The smallest absolute Gasteiger partial charge is 0.245 e. The zero-order valence-electron chi connectivity index (χ0n) is 17.9. The van der Waals surface area contributed by atoms with Gasteiger partial charge in [0.15, 0.2) is 0 Å². The topological polar surface area (TPSA) is 123 Å². The first-order valence-electron chi connectivity index (χ1n) is 9.91. The van der Waals surface area contributed by atoms with E-state index in [1.807, 2.05) is 30.3 Å². The number of carbonyl (C=O) groups excluding carboxylic acids is 1. The van der Waals surface area contributed by atoms with Crippen LogP contribution in [0, 0.1) is 0 Å². The number of methoxy groups -OCH3 is 1.